The maximum atomic E-state index is 13.2. The highest BCUT2D eigenvalue weighted by Crippen LogP contribution is 2.15. The lowest BCUT2D eigenvalue weighted by Crippen LogP contribution is -2.16. The lowest BCUT2D eigenvalue weighted by Gasteiger charge is -2.02. The number of halogens is 1. The smallest absolute Gasteiger partial charge is 0.293 e. The van der Waals surface area contributed by atoms with Gasteiger partial charge in [0.05, 0.1) is 11.5 Å². The van der Waals surface area contributed by atoms with E-state index in [0.717, 1.165) is 0 Å². The van der Waals surface area contributed by atoms with Gasteiger partial charge in [0.1, 0.15) is 24.0 Å². The number of benzene rings is 1. The predicted octanol–water partition coefficient (Wildman–Crippen LogP) is 1.91. The molecule has 27 heavy (non-hydrogen) atoms. The molecule has 2 heterocycles. The van der Waals surface area contributed by atoms with Crippen LogP contribution in [-0.2, 0) is 17.9 Å². The van der Waals surface area contributed by atoms with E-state index in [2.05, 4.69) is 20.5 Å². The molecule has 3 rings (SSSR count). The van der Waals surface area contributed by atoms with Crippen LogP contribution in [0.3, 0.4) is 0 Å². The zero-order valence-corrected chi connectivity index (χ0v) is 14.4. The Bertz CT molecular complexity index is 982. The van der Waals surface area contributed by atoms with Crippen LogP contribution >= 0.6 is 0 Å². The van der Waals surface area contributed by atoms with E-state index >= 15 is 0 Å². The fourth-order valence-electron chi connectivity index (χ4n) is 2.45. The Morgan fingerprint density at radius 3 is 2.85 bits per heavy atom. The van der Waals surface area contributed by atoms with Crippen LogP contribution in [0.5, 0.6) is 0 Å². The van der Waals surface area contributed by atoms with E-state index in [9.17, 15) is 19.3 Å². The summed E-state index contributed by atoms with van der Waals surface area (Å²) in [5.41, 5.74) is 0.916. The van der Waals surface area contributed by atoms with Gasteiger partial charge in [-0.3, -0.25) is 24.9 Å². The van der Waals surface area contributed by atoms with Crippen LogP contribution in [0.1, 0.15) is 17.7 Å². The summed E-state index contributed by atoms with van der Waals surface area (Å²) < 4.78 is 16.0. The zero-order valence-electron chi connectivity index (χ0n) is 14.4. The average molecular weight is 373 g/mol. The van der Waals surface area contributed by atoms with E-state index < -0.39 is 4.92 Å². The highest BCUT2D eigenvalue weighted by Gasteiger charge is 2.16. The Morgan fingerprint density at radius 1 is 1.33 bits per heavy atom. The molecule has 2 aromatic heterocycles. The summed E-state index contributed by atoms with van der Waals surface area (Å²) in [6.45, 7) is 2.03. The zero-order chi connectivity index (χ0) is 19.4. The van der Waals surface area contributed by atoms with Crippen molar-refractivity contribution in [2.45, 2.75) is 26.4 Å². The van der Waals surface area contributed by atoms with Crippen LogP contribution in [0.2, 0.25) is 0 Å². The first-order chi connectivity index (χ1) is 12.9. The third-order valence-electron chi connectivity index (χ3n) is 3.71. The van der Waals surface area contributed by atoms with Gasteiger partial charge >= 0.3 is 5.69 Å². The van der Waals surface area contributed by atoms with Gasteiger partial charge < -0.3 is 0 Å². The summed E-state index contributed by atoms with van der Waals surface area (Å²) in [7, 11) is 0. The Morgan fingerprint density at radius 2 is 2.15 bits per heavy atom. The van der Waals surface area contributed by atoms with Gasteiger partial charge in [-0.1, -0.05) is 12.1 Å². The van der Waals surface area contributed by atoms with Gasteiger partial charge in [-0.25, -0.2) is 14.1 Å². The van der Waals surface area contributed by atoms with Gasteiger partial charge in [-0.15, -0.1) is 5.10 Å². The van der Waals surface area contributed by atoms with Crippen molar-refractivity contribution < 1.29 is 14.1 Å². The van der Waals surface area contributed by atoms with E-state index in [1.54, 1.807) is 12.1 Å². The fourth-order valence-corrected chi connectivity index (χ4v) is 2.45. The average Bonchev–Trinajstić information content (AvgIpc) is 3.19. The van der Waals surface area contributed by atoms with Crippen molar-refractivity contribution in [3.8, 4) is 0 Å². The van der Waals surface area contributed by atoms with E-state index in [0.29, 0.717) is 12.1 Å². The minimum atomic E-state index is -0.520. The number of nitro groups is 1. The molecule has 0 bridgehead atoms. The van der Waals surface area contributed by atoms with Crippen molar-refractivity contribution in [3.05, 3.63) is 64.0 Å². The van der Waals surface area contributed by atoms with E-state index in [-0.39, 0.29) is 42.0 Å². The van der Waals surface area contributed by atoms with Crippen LogP contribution in [-0.4, -0.2) is 35.4 Å². The van der Waals surface area contributed by atoms with Crippen LogP contribution in [0.25, 0.3) is 0 Å². The van der Waals surface area contributed by atoms with Crippen molar-refractivity contribution in [2.24, 2.45) is 0 Å². The number of hydrogen-bond acceptors (Lipinski definition) is 6. The number of hydrogen-bond donors (Lipinski definition) is 1. The normalized spacial score (nSPS) is 10.7. The number of carbonyl (C=O) groups is 1. The van der Waals surface area contributed by atoms with Gasteiger partial charge in [0.25, 0.3) is 0 Å². The molecule has 0 saturated heterocycles. The molecule has 0 aliphatic heterocycles. The molecule has 0 saturated carbocycles. The molecule has 11 heteroatoms. The predicted molar refractivity (Wildman–Crippen MR) is 92.4 cm³/mol. The molecule has 0 aliphatic carbocycles. The van der Waals surface area contributed by atoms with Gasteiger partial charge in [0.2, 0.25) is 11.9 Å². The van der Waals surface area contributed by atoms with Crippen LogP contribution < -0.4 is 5.32 Å². The third kappa shape index (κ3) is 4.71. The molecule has 0 radical (unpaired) electrons. The number of carbonyl (C=O) groups excluding carboxylic acids is 1. The Balaban J connectivity index is 1.53. The quantitative estimate of drug-likeness (QED) is 0.499. The first-order valence-corrected chi connectivity index (χ1v) is 8.03. The minimum absolute atomic E-state index is 0.0523. The standard InChI is InChI=1S/C16H16FN7O3/c1-11-14(24(26)27)9-22(20-11)6-5-15(25)19-16-18-10-23(21-16)8-12-3-2-4-13(17)7-12/h2-4,7,9-10H,5-6,8H2,1H3,(H,19,21,25). The fraction of sp³-hybridized carbons (Fsp3) is 0.250. The summed E-state index contributed by atoms with van der Waals surface area (Å²) in [6.07, 6.45) is 2.77. The van der Waals surface area contributed by atoms with Crippen molar-refractivity contribution >= 4 is 17.5 Å². The van der Waals surface area contributed by atoms with Crippen molar-refractivity contribution in [1.29, 1.82) is 0 Å². The minimum Gasteiger partial charge on any atom is -0.293 e. The Labute approximate surface area is 152 Å². The number of anilines is 1. The molecule has 0 aliphatic rings. The molecule has 0 atom stereocenters. The van der Waals surface area contributed by atoms with Gasteiger partial charge in [-0.05, 0) is 24.6 Å². The number of aryl methyl sites for hydroxylation is 2. The first-order valence-electron chi connectivity index (χ1n) is 8.03. The summed E-state index contributed by atoms with van der Waals surface area (Å²) >= 11 is 0. The van der Waals surface area contributed by atoms with Gasteiger partial charge in [0.15, 0.2) is 0 Å². The second-order valence-electron chi connectivity index (χ2n) is 5.81. The molecule has 3 aromatic rings. The second kappa shape index (κ2) is 7.72. The lowest BCUT2D eigenvalue weighted by atomic mass is 10.2. The molecular formula is C16H16FN7O3. The van der Waals surface area contributed by atoms with Gasteiger partial charge in [0, 0.05) is 13.0 Å². The van der Waals surface area contributed by atoms with Gasteiger partial charge in [-0.2, -0.15) is 5.10 Å². The Hall–Kier alpha value is -3.63. The van der Waals surface area contributed by atoms with Crippen LogP contribution in [0.15, 0.2) is 36.8 Å². The molecule has 10 nitrogen and oxygen atoms in total. The number of amides is 1. The van der Waals surface area contributed by atoms with Crippen LogP contribution in [0.4, 0.5) is 16.0 Å². The molecule has 0 fully saturated rings. The molecule has 1 amide bonds. The van der Waals surface area contributed by atoms with E-state index in [1.165, 1.54) is 40.9 Å². The highest BCUT2D eigenvalue weighted by atomic mass is 19.1. The summed E-state index contributed by atoms with van der Waals surface area (Å²) in [5.74, 6) is -0.566. The molecule has 1 N–H and O–H groups in total. The molecule has 140 valence electrons. The maximum absolute atomic E-state index is 13.2. The number of nitrogens with one attached hydrogen (secondary N) is 1. The lowest BCUT2D eigenvalue weighted by molar-refractivity contribution is -0.385. The number of rotatable bonds is 7. The summed E-state index contributed by atoms with van der Waals surface area (Å²) in [4.78, 5) is 26.3. The van der Waals surface area contributed by atoms with Crippen molar-refractivity contribution in [2.75, 3.05) is 5.32 Å². The maximum Gasteiger partial charge on any atom is 0.309 e. The largest absolute Gasteiger partial charge is 0.309 e. The third-order valence-corrected chi connectivity index (χ3v) is 3.71. The highest BCUT2D eigenvalue weighted by molar-refractivity contribution is 5.88. The van der Waals surface area contributed by atoms with E-state index in [4.69, 9.17) is 0 Å². The van der Waals surface area contributed by atoms with Crippen molar-refractivity contribution in [1.82, 2.24) is 24.5 Å². The van der Waals surface area contributed by atoms with Crippen molar-refractivity contribution in [3.63, 3.8) is 0 Å². The molecule has 0 unspecified atom stereocenters. The second-order valence-corrected chi connectivity index (χ2v) is 5.81. The number of aromatic nitrogens is 5. The SMILES string of the molecule is Cc1nn(CCC(=O)Nc2ncn(Cc3cccc(F)c3)n2)cc1[N+](=O)[O-]. The summed E-state index contributed by atoms with van der Waals surface area (Å²) in [5, 5.41) is 21.5. The summed E-state index contributed by atoms with van der Waals surface area (Å²) in [6, 6.07) is 6.11. The van der Waals surface area contributed by atoms with E-state index in [1.807, 2.05) is 0 Å². The van der Waals surface area contributed by atoms with Crippen LogP contribution in [0, 0.1) is 22.9 Å². The molecule has 1 aromatic carbocycles. The monoisotopic (exact) mass is 373 g/mol. The molecule has 0 spiro atoms. The first kappa shape index (κ1) is 18.2. The number of nitrogens with zero attached hydrogens (tertiary/aromatic N) is 6. The molecular weight excluding hydrogens is 357 g/mol. The Kier molecular flexibility index (Phi) is 5.20. The topological polar surface area (TPSA) is 121 Å².